The molecule has 0 saturated heterocycles. The van der Waals surface area contributed by atoms with Gasteiger partial charge in [-0.3, -0.25) is 4.68 Å². The highest BCUT2D eigenvalue weighted by Crippen LogP contribution is 1.94. The topological polar surface area (TPSA) is 46.0 Å². The second kappa shape index (κ2) is 7.97. The van der Waals surface area contributed by atoms with Crippen molar-refractivity contribution < 1.29 is 0 Å². The Bertz CT molecular complexity index is 320. The molecule has 1 aromatic heterocycles. The predicted molar refractivity (Wildman–Crippen MR) is 69.7 cm³/mol. The van der Waals surface area contributed by atoms with E-state index in [0.717, 1.165) is 44.8 Å². The van der Waals surface area contributed by atoms with Crippen LogP contribution in [0.2, 0.25) is 0 Å². The SMILES string of the molecule is C=CCN(C)CCn1cc(CNCCC)nn1. The van der Waals surface area contributed by atoms with E-state index in [1.165, 1.54) is 0 Å². The summed E-state index contributed by atoms with van der Waals surface area (Å²) in [5.74, 6) is 0. The molecule has 1 N–H and O–H groups in total. The first-order valence-corrected chi connectivity index (χ1v) is 6.15. The van der Waals surface area contributed by atoms with Gasteiger partial charge in [0.15, 0.2) is 0 Å². The van der Waals surface area contributed by atoms with E-state index in [-0.39, 0.29) is 0 Å². The summed E-state index contributed by atoms with van der Waals surface area (Å²) in [5, 5.41) is 11.5. The lowest BCUT2D eigenvalue weighted by molar-refractivity contribution is 0.340. The third kappa shape index (κ3) is 5.60. The van der Waals surface area contributed by atoms with Crippen LogP contribution in [0, 0.1) is 0 Å². The summed E-state index contributed by atoms with van der Waals surface area (Å²) < 4.78 is 1.89. The Hall–Kier alpha value is -1.20. The Morgan fingerprint density at radius 1 is 1.59 bits per heavy atom. The van der Waals surface area contributed by atoms with Gasteiger partial charge in [-0.15, -0.1) is 11.7 Å². The summed E-state index contributed by atoms with van der Waals surface area (Å²) in [7, 11) is 2.07. The van der Waals surface area contributed by atoms with Gasteiger partial charge in [0.05, 0.1) is 12.2 Å². The minimum Gasteiger partial charge on any atom is -0.311 e. The van der Waals surface area contributed by atoms with Gasteiger partial charge in [0.25, 0.3) is 0 Å². The second-order valence-electron chi connectivity index (χ2n) is 4.20. The van der Waals surface area contributed by atoms with Crippen molar-refractivity contribution in [2.45, 2.75) is 26.4 Å². The first-order valence-electron chi connectivity index (χ1n) is 6.15. The first kappa shape index (κ1) is 13.9. The van der Waals surface area contributed by atoms with Crippen molar-refractivity contribution in [2.75, 3.05) is 26.7 Å². The number of aromatic nitrogens is 3. The summed E-state index contributed by atoms with van der Waals surface area (Å²) in [5.41, 5.74) is 1.00. The van der Waals surface area contributed by atoms with E-state index in [9.17, 15) is 0 Å². The molecule has 0 bridgehead atoms. The summed E-state index contributed by atoms with van der Waals surface area (Å²) in [4.78, 5) is 2.20. The third-order valence-electron chi connectivity index (χ3n) is 2.47. The van der Waals surface area contributed by atoms with Crippen LogP contribution >= 0.6 is 0 Å². The van der Waals surface area contributed by atoms with Crippen molar-refractivity contribution in [1.82, 2.24) is 25.2 Å². The van der Waals surface area contributed by atoms with E-state index in [1.54, 1.807) is 0 Å². The quantitative estimate of drug-likeness (QED) is 0.512. The fraction of sp³-hybridized carbons (Fsp3) is 0.667. The number of hydrogen-bond acceptors (Lipinski definition) is 4. The van der Waals surface area contributed by atoms with Gasteiger partial charge in [-0.1, -0.05) is 18.2 Å². The van der Waals surface area contributed by atoms with Gasteiger partial charge in [0.1, 0.15) is 0 Å². The predicted octanol–water partition coefficient (Wildman–Crippen LogP) is 0.895. The summed E-state index contributed by atoms with van der Waals surface area (Å²) in [6.45, 7) is 10.4. The Morgan fingerprint density at radius 2 is 2.41 bits per heavy atom. The van der Waals surface area contributed by atoms with Crippen LogP contribution in [0.25, 0.3) is 0 Å². The zero-order valence-corrected chi connectivity index (χ0v) is 10.9. The molecule has 0 aliphatic heterocycles. The molecule has 0 unspecified atom stereocenters. The Balaban J connectivity index is 2.27. The molecule has 5 nitrogen and oxygen atoms in total. The standard InChI is InChI=1S/C12H23N5/c1-4-6-13-10-12-11-17(15-14-12)9-8-16(3)7-5-2/h5,11,13H,2,4,6-10H2,1,3H3. The summed E-state index contributed by atoms with van der Waals surface area (Å²) in [6, 6.07) is 0. The lowest BCUT2D eigenvalue weighted by atomic mass is 10.4. The fourth-order valence-corrected chi connectivity index (χ4v) is 1.51. The molecule has 96 valence electrons. The molecule has 1 heterocycles. The maximum Gasteiger partial charge on any atom is 0.0964 e. The van der Waals surface area contributed by atoms with Gasteiger partial charge in [-0.05, 0) is 20.0 Å². The number of nitrogens with one attached hydrogen (secondary N) is 1. The van der Waals surface area contributed by atoms with E-state index in [0.29, 0.717) is 0 Å². The maximum atomic E-state index is 4.12. The van der Waals surface area contributed by atoms with Crippen molar-refractivity contribution >= 4 is 0 Å². The molecule has 17 heavy (non-hydrogen) atoms. The number of rotatable bonds is 9. The van der Waals surface area contributed by atoms with E-state index in [4.69, 9.17) is 0 Å². The highest BCUT2D eigenvalue weighted by Gasteiger charge is 2.01. The fourth-order valence-electron chi connectivity index (χ4n) is 1.51. The number of hydrogen-bond donors (Lipinski definition) is 1. The number of likely N-dealkylation sites (N-methyl/N-ethyl adjacent to an activating group) is 1. The molecule has 0 amide bonds. The monoisotopic (exact) mass is 237 g/mol. The van der Waals surface area contributed by atoms with Crippen LogP contribution in [-0.2, 0) is 13.1 Å². The van der Waals surface area contributed by atoms with Crippen LogP contribution in [0.3, 0.4) is 0 Å². The Kier molecular flexibility index (Phi) is 6.50. The minimum atomic E-state index is 0.802. The molecule has 0 aliphatic rings. The van der Waals surface area contributed by atoms with Gasteiger partial charge in [-0.2, -0.15) is 0 Å². The lowest BCUT2D eigenvalue weighted by Crippen LogP contribution is -2.23. The van der Waals surface area contributed by atoms with Crippen LogP contribution in [-0.4, -0.2) is 46.6 Å². The van der Waals surface area contributed by atoms with Crippen LogP contribution in [0.4, 0.5) is 0 Å². The zero-order chi connectivity index (χ0) is 12.5. The van der Waals surface area contributed by atoms with Crippen molar-refractivity contribution in [3.63, 3.8) is 0 Å². The smallest absolute Gasteiger partial charge is 0.0964 e. The third-order valence-corrected chi connectivity index (χ3v) is 2.47. The maximum absolute atomic E-state index is 4.12. The molecule has 0 atom stereocenters. The minimum absolute atomic E-state index is 0.802. The van der Waals surface area contributed by atoms with Crippen molar-refractivity contribution in [2.24, 2.45) is 0 Å². The van der Waals surface area contributed by atoms with E-state index >= 15 is 0 Å². The lowest BCUT2D eigenvalue weighted by Gasteiger charge is -2.13. The molecule has 0 radical (unpaired) electrons. The van der Waals surface area contributed by atoms with Gasteiger partial charge in [0, 0.05) is 25.8 Å². The van der Waals surface area contributed by atoms with Crippen molar-refractivity contribution in [1.29, 1.82) is 0 Å². The molecule has 0 saturated carbocycles. The van der Waals surface area contributed by atoms with E-state index < -0.39 is 0 Å². The van der Waals surface area contributed by atoms with Crippen LogP contribution in [0.5, 0.6) is 0 Å². The molecule has 0 aliphatic carbocycles. The largest absolute Gasteiger partial charge is 0.311 e. The van der Waals surface area contributed by atoms with Crippen LogP contribution in [0.1, 0.15) is 19.0 Å². The molecular formula is C12H23N5. The molecule has 1 aromatic rings. The molecule has 0 fully saturated rings. The first-order chi connectivity index (χ1) is 8.26. The average molecular weight is 237 g/mol. The van der Waals surface area contributed by atoms with Gasteiger partial charge >= 0.3 is 0 Å². The highest BCUT2D eigenvalue weighted by molar-refractivity contribution is 4.91. The van der Waals surface area contributed by atoms with Crippen LogP contribution in [0.15, 0.2) is 18.9 Å². The normalized spacial score (nSPS) is 11.0. The van der Waals surface area contributed by atoms with Gasteiger partial charge in [-0.25, -0.2) is 0 Å². The van der Waals surface area contributed by atoms with Crippen molar-refractivity contribution in [3.05, 3.63) is 24.5 Å². The van der Waals surface area contributed by atoms with Crippen molar-refractivity contribution in [3.8, 4) is 0 Å². The average Bonchev–Trinajstić information content (AvgIpc) is 2.75. The van der Waals surface area contributed by atoms with Gasteiger partial charge in [0.2, 0.25) is 0 Å². The highest BCUT2D eigenvalue weighted by atomic mass is 15.4. The van der Waals surface area contributed by atoms with E-state index in [2.05, 4.69) is 41.1 Å². The molecule has 0 aromatic carbocycles. The molecule has 0 spiro atoms. The Labute approximate surface area is 103 Å². The molecular weight excluding hydrogens is 214 g/mol. The summed E-state index contributed by atoms with van der Waals surface area (Å²) in [6.07, 6.45) is 5.05. The second-order valence-corrected chi connectivity index (χ2v) is 4.20. The zero-order valence-electron chi connectivity index (χ0n) is 10.9. The summed E-state index contributed by atoms with van der Waals surface area (Å²) >= 11 is 0. The van der Waals surface area contributed by atoms with Gasteiger partial charge < -0.3 is 10.2 Å². The molecule has 5 heteroatoms. The Morgan fingerprint density at radius 3 is 3.12 bits per heavy atom. The van der Waals surface area contributed by atoms with Crippen LogP contribution < -0.4 is 5.32 Å². The van der Waals surface area contributed by atoms with E-state index in [1.807, 2.05) is 17.0 Å². The molecule has 1 rings (SSSR count). The number of nitrogens with zero attached hydrogens (tertiary/aromatic N) is 4.